The van der Waals surface area contributed by atoms with Gasteiger partial charge in [-0.25, -0.2) is 0 Å². The standard InChI is InChI=1S/C15H19Cl2N3O/c1-10-8-11(4-5-12(10)16)15(21)14-13(17)9-18-20(14)7-6-19(2)3/h4-5,8-9,15,21H,6-7H2,1-3H3. The molecule has 1 unspecified atom stereocenters. The van der Waals surface area contributed by atoms with E-state index in [-0.39, 0.29) is 0 Å². The Morgan fingerprint density at radius 2 is 2.00 bits per heavy atom. The van der Waals surface area contributed by atoms with Gasteiger partial charge in [0, 0.05) is 11.6 Å². The minimum Gasteiger partial charge on any atom is -0.382 e. The van der Waals surface area contributed by atoms with E-state index < -0.39 is 6.10 Å². The average Bonchev–Trinajstić information content (AvgIpc) is 2.80. The zero-order valence-corrected chi connectivity index (χ0v) is 13.9. The maximum atomic E-state index is 10.6. The van der Waals surface area contributed by atoms with E-state index in [1.807, 2.05) is 27.1 Å². The predicted octanol–water partition coefficient (Wildman–Crippen LogP) is 3.14. The average molecular weight is 328 g/mol. The van der Waals surface area contributed by atoms with Gasteiger partial charge in [-0.15, -0.1) is 0 Å². The van der Waals surface area contributed by atoms with Crippen LogP contribution in [0.5, 0.6) is 0 Å². The van der Waals surface area contributed by atoms with Crippen molar-refractivity contribution in [1.82, 2.24) is 14.7 Å². The molecule has 1 atom stereocenters. The van der Waals surface area contributed by atoms with Gasteiger partial charge in [0.15, 0.2) is 0 Å². The van der Waals surface area contributed by atoms with Crippen LogP contribution in [-0.2, 0) is 6.54 Å². The third-order valence-corrected chi connectivity index (χ3v) is 4.06. The smallest absolute Gasteiger partial charge is 0.122 e. The van der Waals surface area contributed by atoms with Gasteiger partial charge in [-0.1, -0.05) is 35.3 Å². The Labute approximate surface area is 134 Å². The molecular weight excluding hydrogens is 309 g/mol. The third-order valence-electron chi connectivity index (χ3n) is 3.35. The second-order valence-corrected chi connectivity index (χ2v) is 6.13. The fourth-order valence-electron chi connectivity index (χ4n) is 2.11. The summed E-state index contributed by atoms with van der Waals surface area (Å²) in [4.78, 5) is 2.05. The van der Waals surface area contributed by atoms with Crippen molar-refractivity contribution in [2.24, 2.45) is 0 Å². The maximum absolute atomic E-state index is 10.6. The first kappa shape index (κ1) is 16.3. The highest BCUT2D eigenvalue weighted by molar-refractivity contribution is 6.31. The molecule has 1 heterocycles. The normalized spacial score (nSPS) is 12.9. The first-order valence-electron chi connectivity index (χ1n) is 6.70. The number of aliphatic hydroxyl groups is 1. The molecule has 0 saturated heterocycles. The Kier molecular flexibility index (Phi) is 5.27. The van der Waals surface area contributed by atoms with E-state index in [0.29, 0.717) is 22.3 Å². The second kappa shape index (κ2) is 6.79. The summed E-state index contributed by atoms with van der Waals surface area (Å²) in [5, 5.41) is 16.0. The van der Waals surface area contributed by atoms with Gasteiger partial charge in [0.2, 0.25) is 0 Å². The van der Waals surface area contributed by atoms with Crippen LogP contribution in [-0.4, -0.2) is 40.4 Å². The topological polar surface area (TPSA) is 41.3 Å². The van der Waals surface area contributed by atoms with Crippen LogP contribution in [0.2, 0.25) is 10.0 Å². The van der Waals surface area contributed by atoms with E-state index in [2.05, 4.69) is 10.00 Å². The monoisotopic (exact) mass is 327 g/mol. The Hall–Kier alpha value is -1.07. The van der Waals surface area contributed by atoms with Gasteiger partial charge >= 0.3 is 0 Å². The molecule has 21 heavy (non-hydrogen) atoms. The predicted molar refractivity (Wildman–Crippen MR) is 86.0 cm³/mol. The third kappa shape index (κ3) is 3.77. The van der Waals surface area contributed by atoms with Crippen molar-refractivity contribution in [3.8, 4) is 0 Å². The van der Waals surface area contributed by atoms with Crippen LogP contribution in [0.3, 0.4) is 0 Å². The summed E-state index contributed by atoms with van der Waals surface area (Å²) in [5.74, 6) is 0. The molecule has 0 amide bonds. The van der Waals surface area contributed by atoms with Gasteiger partial charge < -0.3 is 10.0 Å². The van der Waals surface area contributed by atoms with Crippen LogP contribution in [0.15, 0.2) is 24.4 Å². The van der Waals surface area contributed by atoms with Crippen LogP contribution in [0, 0.1) is 6.92 Å². The minimum atomic E-state index is -0.821. The summed E-state index contributed by atoms with van der Waals surface area (Å²) in [6, 6.07) is 5.45. The molecule has 1 N–H and O–H groups in total. The van der Waals surface area contributed by atoms with Gasteiger partial charge in [0.05, 0.1) is 23.5 Å². The summed E-state index contributed by atoms with van der Waals surface area (Å²) < 4.78 is 1.75. The molecule has 2 rings (SSSR count). The zero-order valence-electron chi connectivity index (χ0n) is 12.3. The fraction of sp³-hybridized carbons (Fsp3) is 0.400. The molecule has 0 saturated carbocycles. The Morgan fingerprint density at radius 3 is 2.62 bits per heavy atom. The van der Waals surface area contributed by atoms with Gasteiger partial charge in [0.25, 0.3) is 0 Å². The molecule has 1 aromatic carbocycles. The van der Waals surface area contributed by atoms with Crippen molar-refractivity contribution >= 4 is 23.2 Å². The van der Waals surface area contributed by atoms with E-state index in [1.54, 1.807) is 23.0 Å². The molecule has 1 aromatic heterocycles. The number of rotatable bonds is 5. The Morgan fingerprint density at radius 1 is 1.29 bits per heavy atom. The van der Waals surface area contributed by atoms with Crippen molar-refractivity contribution in [2.75, 3.05) is 20.6 Å². The van der Waals surface area contributed by atoms with Gasteiger partial charge in [-0.3, -0.25) is 4.68 Å². The highest BCUT2D eigenvalue weighted by Crippen LogP contribution is 2.30. The molecule has 0 aliphatic rings. The highest BCUT2D eigenvalue weighted by Gasteiger charge is 2.20. The number of halogens is 2. The van der Waals surface area contributed by atoms with E-state index in [9.17, 15) is 5.11 Å². The number of hydrogen-bond acceptors (Lipinski definition) is 3. The van der Waals surface area contributed by atoms with Crippen molar-refractivity contribution < 1.29 is 5.11 Å². The molecule has 4 nitrogen and oxygen atoms in total. The molecule has 0 bridgehead atoms. The number of aliphatic hydroxyl groups excluding tert-OH is 1. The van der Waals surface area contributed by atoms with Crippen LogP contribution in [0.4, 0.5) is 0 Å². The van der Waals surface area contributed by atoms with Crippen molar-refractivity contribution in [1.29, 1.82) is 0 Å². The molecule has 114 valence electrons. The molecule has 0 fully saturated rings. The van der Waals surface area contributed by atoms with Crippen molar-refractivity contribution in [2.45, 2.75) is 19.6 Å². The van der Waals surface area contributed by atoms with E-state index in [1.165, 1.54) is 0 Å². The largest absolute Gasteiger partial charge is 0.382 e. The lowest BCUT2D eigenvalue weighted by molar-refractivity contribution is 0.205. The molecule has 0 aliphatic heterocycles. The number of aryl methyl sites for hydroxylation is 1. The SMILES string of the molecule is Cc1cc(C(O)c2c(Cl)cnn2CCN(C)C)ccc1Cl. The second-order valence-electron chi connectivity index (χ2n) is 5.32. The van der Waals surface area contributed by atoms with Crippen molar-refractivity contribution in [3.05, 3.63) is 51.3 Å². The molecule has 0 aliphatic carbocycles. The van der Waals surface area contributed by atoms with Crippen LogP contribution in [0.25, 0.3) is 0 Å². The zero-order chi connectivity index (χ0) is 15.6. The lowest BCUT2D eigenvalue weighted by atomic mass is 10.0. The van der Waals surface area contributed by atoms with Gasteiger partial charge in [-0.05, 0) is 38.2 Å². The first-order chi connectivity index (χ1) is 9.90. The quantitative estimate of drug-likeness (QED) is 0.917. The summed E-state index contributed by atoms with van der Waals surface area (Å²) in [5.41, 5.74) is 2.29. The van der Waals surface area contributed by atoms with E-state index in [0.717, 1.165) is 17.7 Å². The lowest BCUT2D eigenvalue weighted by Gasteiger charge is -2.17. The van der Waals surface area contributed by atoms with Crippen molar-refractivity contribution in [3.63, 3.8) is 0 Å². The van der Waals surface area contributed by atoms with Crippen LogP contribution in [0.1, 0.15) is 22.9 Å². The molecule has 6 heteroatoms. The summed E-state index contributed by atoms with van der Waals surface area (Å²) >= 11 is 12.2. The molecule has 0 spiro atoms. The molecule has 2 aromatic rings. The van der Waals surface area contributed by atoms with Crippen LogP contribution < -0.4 is 0 Å². The maximum Gasteiger partial charge on any atom is 0.122 e. The molecular formula is C15H19Cl2N3O. The fourth-order valence-corrected chi connectivity index (χ4v) is 2.47. The Bertz CT molecular complexity index is 625. The summed E-state index contributed by atoms with van der Waals surface area (Å²) in [6.07, 6.45) is 0.747. The number of likely N-dealkylation sites (N-methyl/N-ethyl adjacent to an activating group) is 1. The van der Waals surface area contributed by atoms with Gasteiger partial charge in [-0.2, -0.15) is 5.10 Å². The number of nitrogens with zero attached hydrogens (tertiary/aromatic N) is 3. The number of aromatic nitrogens is 2. The minimum absolute atomic E-state index is 0.467. The summed E-state index contributed by atoms with van der Waals surface area (Å²) in [7, 11) is 3.98. The van der Waals surface area contributed by atoms with E-state index >= 15 is 0 Å². The lowest BCUT2D eigenvalue weighted by Crippen LogP contribution is -2.21. The first-order valence-corrected chi connectivity index (χ1v) is 7.45. The highest BCUT2D eigenvalue weighted by atomic mass is 35.5. The Balaban J connectivity index is 2.31. The van der Waals surface area contributed by atoms with Crippen LogP contribution >= 0.6 is 23.2 Å². The summed E-state index contributed by atoms with van der Waals surface area (Å²) in [6.45, 7) is 3.39. The van der Waals surface area contributed by atoms with E-state index in [4.69, 9.17) is 23.2 Å². The van der Waals surface area contributed by atoms with Gasteiger partial charge in [0.1, 0.15) is 6.10 Å². The number of benzene rings is 1. The number of hydrogen-bond donors (Lipinski definition) is 1. The molecule has 0 radical (unpaired) electrons.